The summed E-state index contributed by atoms with van der Waals surface area (Å²) in [5.74, 6) is 0.684. The Labute approximate surface area is 96.8 Å². The Balaban J connectivity index is 1.68. The van der Waals surface area contributed by atoms with Gasteiger partial charge in [-0.05, 0) is 37.2 Å². The second-order valence-corrected chi connectivity index (χ2v) is 4.79. The van der Waals surface area contributed by atoms with Gasteiger partial charge in [-0.2, -0.15) is 5.10 Å². The minimum Gasteiger partial charge on any atom is -0.381 e. The maximum atomic E-state index is 6.13. The van der Waals surface area contributed by atoms with E-state index in [-0.39, 0.29) is 0 Å². The zero-order valence-electron chi connectivity index (χ0n) is 9.93. The minimum atomic E-state index is 0.298. The molecule has 1 fully saturated rings. The van der Waals surface area contributed by atoms with E-state index in [9.17, 15) is 0 Å². The summed E-state index contributed by atoms with van der Waals surface area (Å²) in [5.41, 5.74) is 7.40. The SMILES string of the molecule is Cn1cc(CCC(N)CC2CCOC2)cn1. The van der Waals surface area contributed by atoms with Gasteiger partial charge in [-0.1, -0.05) is 0 Å². The van der Waals surface area contributed by atoms with Gasteiger partial charge < -0.3 is 10.5 Å². The Kier molecular flexibility index (Phi) is 3.96. The molecule has 2 atom stereocenters. The van der Waals surface area contributed by atoms with Crippen LogP contribution in [0, 0.1) is 5.92 Å². The fraction of sp³-hybridized carbons (Fsp3) is 0.750. The molecule has 1 aromatic rings. The molecule has 0 aliphatic carbocycles. The highest BCUT2D eigenvalue weighted by atomic mass is 16.5. The molecule has 4 nitrogen and oxygen atoms in total. The van der Waals surface area contributed by atoms with Crippen LogP contribution in [0.2, 0.25) is 0 Å². The van der Waals surface area contributed by atoms with Crippen LogP contribution in [0.4, 0.5) is 0 Å². The molecule has 1 aromatic heterocycles. The van der Waals surface area contributed by atoms with E-state index in [4.69, 9.17) is 10.5 Å². The van der Waals surface area contributed by atoms with Gasteiger partial charge in [0.25, 0.3) is 0 Å². The van der Waals surface area contributed by atoms with Crippen molar-refractivity contribution in [1.82, 2.24) is 9.78 Å². The van der Waals surface area contributed by atoms with Crippen LogP contribution in [0.1, 0.15) is 24.8 Å². The first-order valence-corrected chi connectivity index (χ1v) is 6.05. The van der Waals surface area contributed by atoms with E-state index >= 15 is 0 Å². The van der Waals surface area contributed by atoms with E-state index in [2.05, 4.69) is 11.3 Å². The highest BCUT2D eigenvalue weighted by molar-refractivity contribution is 5.03. The molecule has 0 amide bonds. The van der Waals surface area contributed by atoms with E-state index in [0.717, 1.165) is 32.5 Å². The third-order valence-corrected chi connectivity index (χ3v) is 3.22. The van der Waals surface area contributed by atoms with Crippen molar-refractivity contribution in [3.8, 4) is 0 Å². The van der Waals surface area contributed by atoms with Gasteiger partial charge in [0.15, 0.2) is 0 Å². The first-order valence-electron chi connectivity index (χ1n) is 6.05. The summed E-state index contributed by atoms with van der Waals surface area (Å²) in [5, 5.41) is 4.15. The summed E-state index contributed by atoms with van der Waals surface area (Å²) >= 11 is 0. The van der Waals surface area contributed by atoms with Crippen LogP contribution in [-0.4, -0.2) is 29.0 Å². The molecule has 0 spiro atoms. The van der Waals surface area contributed by atoms with E-state index in [1.807, 2.05) is 17.9 Å². The maximum absolute atomic E-state index is 6.13. The van der Waals surface area contributed by atoms with Crippen molar-refractivity contribution in [2.45, 2.75) is 31.7 Å². The molecule has 1 saturated heterocycles. The molecule has 2 heterocycles. The molecule has 0 bridgehead atoms. The Morgan fingerprint density at radius 3 is 3.19 bits per heavy atom. The Bertz CT molecular complexity index is 318. The third kappa shape index (κ3) is 3.32. The highest BCUT2D eigenvalue weighted by Gasteiger charge is 2.18. The number of aryl methyl sites for hydroxylation is 2. The summed E-state index contributed by atoms with van der Waals surface area (Å²) in [6.45, 7) is 1.82. The molecule has 1 aliphatic heterocycles. The molecule has 16 heavy (non-hydrogen) atoms. The van der Waals surface area contributed by atoms with Gasteiger partial charge in [-0.15, -0.1) is 0 Å². The summed E-state index contributed by atoms with van der Waals surface area (Å²) in [6.07, 6.45) is 8.34. The van der Waals surface area contributed by atoms with Crippen LogP contribution in [0.15, 0.2) is 12.4 Å². The lowest BCUT2D eigenvalue weighted by Gasteiger charge is -2.14. The topological polar surface area (TPSA) is 53.1 Å². The van der Waals surface area contributed by atoms with Gasteiger partial charge in [0.2, 0.25) is 0 Å². The zero-order chi connectivity index (χ0) is 11.4. The van der Waals surface area contributed by atoms with E-state index in [1.165, 1.54) is 12.0 Å². The van der Waals surface area contributed by atoms with Gasteiger partial charge >= 0.3 is 0 Å². The normalized spacial score (nSPS) is 22.5. The average Bonchev–Trinajstić information content (AvgIpc) is 2.87. The molecule has 2 rings (SSSR count). The average molecular weight is 223 g/mol. The van der Waals surface area contributed by atoms with Crippen LogP contribution >= 0.6 is 0 Å². The smallest absolute Gasteiger partial charge is 0.0521 e. The molecule has 0 saturated carbocycles. The fourth-order valence-corrected chi connectivity index (χ4v) is 2.27. The molecular weight excluding hydrogens is 202 g/mol. The standard InChI is InChI=1S/C12H21N3O/c1-15-8-11(7-14-15)2-3-12(13)6-10-4-5-16-9-10/h7-8,10,12H,2-6,9,13H2,1H3. The van der Waals surface area contributed by atoms with Crippen molar-refractivity contribution in [1.29, 1.82) is 0 Å². The molecule has 1 aliphatic rings. The number of rotatable bonds is 5. The van der Waals surface area contributed by atoms with Crippen LogP contribution < -0.4 is 5.73 Å². The maximum Gasteiger partial charge on any atom is 0.0521 e. The molecular formula is C12H21N3O. The Hall–Kier alpha value is -0.870. The highest BCUT2D eigenvalue weighted by Crippen LogP contribution is 2.19. The van der Waals surface area contributed by atoms with Gasteiger partial charge in [-0.3, -0.25) is 4.68 Å². The predicted octanol–water partition coefficient (Wildman–Crippen LogP) is 1.11. The van der Waals surface area contributed by atoms with Crippen molar-refractivity contribution in [2.75, 3.05) is 13.2 Å². The number of nitrogens with two attached hydrogens (primary N) is 1. The first-order chi connectivity index (χ1) is 7.74. The zero-order valence-corrected chi connectivity index (χ0v) is 9.93. The lowest BCUT2D eigenvalue weighted by molar-refractivity contribution is 0.182. The Morgan fingerprint density at radius 2 is 2.56 bits per heavy atom. The Morgan fingerprint density at radius 1 is 1.69 bits per heavy atom. The van der Waals surface area contributed by atoms with E-state index in [0.29, 0.717) is 12.0 Å². The molecule has 0 aromatic carbocycles. The van der Waals surface area contributed by atoms with Crippen LogP contribution in [0.25, 0.3) is 0 Å². The number of ether oxygens (including phenoxy) is 1. The van der Waals surface area contributed by atoms with Crippen molar-refractivity contribution in [2.24, 2.45) is 18.7 Å². The lowest BCUT2D eigenvalue weighted by Crippen LogP contribution is -2.24. The van der Waals surface area contributed by atoms with Gasteiger partial charge in [-0.25, -0.2) is 0 Å². The molecule has 0 radical (unpaired) electrons. The monoisotopic (exact) mass is 223 g/mol. The number of nitrogens with zero attached hydrogens (tertiary/aromatic N) is 2. The second-order valence-electron chi connectivity index (χ2n) is 4.79. The summed E-state index contributed by atoms with van der Waals surface area (Å²) in [7, 11) is 1.94. The summed E-state index contributed by atoms with van der Waals surface area (Å²) in [6, 6.07) is 0.298. The van der Waals surface area contributed by atoms with Gasteiger partial charge in [0.05, 0.1) is 6.20 Å². The van der Waals surface area contributed by atoms with Gasteiger partial charge in [0.1, 0.15) is 0 Å². The molecule has 2 N–H and O–H groups in total. The fourth-order valence-electron chi connectivity index (χ4n) is 2.27. The number of hydrogen-bond donors (Lipinski definition) is 1. The minimum absolute atomic E-state index is 0.298. The molecule has 90 valence electrons. The summed E-state index contributed by atoms with van der Waals surface area (Å²) < 4.78 is 7.19. The van der Waals surface area contributed by atoms with E-state index in [1.54, 1.807) is 0 Å². The van der Waals surface area contributed by atoms with Crippen molar-refractivity contribution in [3.05, 3.63) is 18.0 Å². The first kappa shape index (κ1) is 11.6. The van der Waals surface area contributed by atoms with Crippen molar-refractivity contribution in [3.63, 3.8) is 0 Å². The largest absolute Gasteiger partial charge is 0.381 e. The van der Waals surface area contributed by atoms with Crippen LogP contribution in [0.3, 0.4) is 0 Å². The van der Waals surface area contributed by atoms with E-state index < -0.39 is 0 Å². The van der Waals surface area contributed by atoms with Crippen LogP contribution in [0.5, 0.6) is 0 Å². The number of aromatic nitrogens is 2. The van der Waals surface area contributed by atoms with Crippen molar-refractivity contribution >= 4 is 0 Å². The lowest BCUT2D eigenvalue weighted by atomic mass is 9.96. The van der Waals surface area contributed by atoms with Crippen LogP contribution in [-0.2, 0) is 18.2 Å². The van der Waals surface area contributed by atoms with Crippen molar-refractivity contribution < 1.29 is 4.74 Å². The third-order valence-electron chi connectivity index (χ3n) is 3.22. The predicted molar refractivity (Wildman–Crippen MR) is 63.0 cm³/mol. The number of hydrogen-bond acceptors (Lipinski definition) is 3. The summed E-state index contributed by atoms with van der Waals surface area (Å²) in [4.78, 5) is 0. The second kappa shape index (κ2) is 5.46. The molecule has 4 heteroatoms. The molecule has 2 unspecified atom stereocenters. The quantitative estimate of drug-likeness (QED) is 0.813. The van der Waals surface area contributed by atoms with Gasteiger partial charge in [0, 0.05) is 32.5 Å².